The number of carbonyl (C=O) groups excluding carboxylic acids is 1. The Morgan fingerprint density at radius 3 is 2.96 bits per heavy atom. The van der Waals surface area contributed by atoms with E-state index in [1.165, 1.54) is 13.3 Å². The molecule has 0 aliphatic carbocycles. The third-order valence-corrected chi connectivity index (χ3v) is 4.30. The molecule has 8 nitrogen and oxygen atoms in total. The van der Waals surface area contributed by atoms with Gasteiger partial charge in [-0.15, -0.1) is 0 Å². The number of ketones is 1. The molecule has 1 fully saturated rings. The van der Waals surface area contributed by atoms with Gasteiger partial charge in [0.05, 0.1) is 32.1 Å². The number of nitrogens with zero attached hydrogens (tertiary/aromatic N) is 4. The largest absolute Gasteiger partial charge is 0.389 e. The fourth-order valence-corrected chi connectivity index (χ4v) is 3.10. The van der Waals surface area contributed by atoms with Gasteiger partial charge < -0.3 is 14.6 Å². The molecule has 0 saturated carbocycles. The summed E-state index contributed by atoms with van der Waals surface area (Å²) in [6.07, 6.45) is 2.87. The molecule has 0 spiro atoms. The predicted molar refractivity (Wildman–Crippen MR) is 83.9 cm³/mol. The number of aryl methyl sites for hydroxylation is 1. The normalized spacial score (nSPS) is 27.2. The molecular weight excluding hydrogens is 312 g/mol. The molecule has 1 aliphatic rings. The molecule has 2 aromatic rings. The van der Waals surface area contributed by atoms with Crippen LogP contribution in [0, 0.1) is 5.92 Å². The molecule has 24 heavy (non-hydrogen) atoms. The maximum Gasteiger partial charge on any atom is 0.307 e. The van der Waals surface area contributed by atoms with Gasteiger partial charge in [-0.25, -0.2) is 9.55 Å². The first-order chi connectivity index (χ1) is 11.4. The first-order valence-electron chi connectivity index (χ1n) is 8.02. The van der Waals surface area contributed by atoms with Crippen molar-refractivity contribution in [3.63, 3.8) is 0 Å². The van der Waals surface area contributed by atoms with Crippen LogP contribution in [0.4, 0.5) is 0 Å². The molecule has 2 aromatic heterocycles. The lowest BCUT2D eigenvalue weighted by molar-refractivity contribution is -0.743. The summed E-state index contributed by atoms with van der Waals surface area (Å²) < 4.78 is 15.2. The lowest BCUT2D eigenvalue weighted by Crippen LogP contribution is -2.45. The molecule has 3 rings (SSSR count). The summed E-state index contributed by atoms with van der Waals surface area (Å²) in [6.45, 7) is 5.53. The van der Waals surface area contributed by atoms with Gasteiger partial charge in [0.15, 0.2) is 24.4 Å². The van der Waals surface area contributed by atoms with Crippen LogP contribution < -0.4 is 4.57 Å². The van der Waals surface area contributed by atoms with Gasteiger partial charge in [-0.2, -0.15) is 0 Å². The van der Waals surface area contributed by atoms with Crippen LogP contribution in [0.2, 0.25) is 0 Å². The monoisotopic (exact) mass is 335 g/mol. The van der Waals surface area contributed by atoms with Crippen molar-refractivity contribution in [2.45, 2.75) is 45.3 Å². The summed E-state index contributed by atoms with van der Waals surface area (Å²) in [5, 5.41) is 10.6. The standard InChI is InChI=1S/C16H23N4O4/c1-9(2)23-6-12-14(22)13(10(3)21)16(24-12)20-8-19(4)11-5-17-7-18-15(11)20/h5,7-9,12-14,16,22H,6H2,1-4H3/q+1. The summed E-state index contributed by atoms with van der Waals surface area (Å²) in [5.74, 6) is -0.797. The van der Waals surface area contributed by atoms with Crippen LogP contribution in [0.15, 0.2) is 18.9 Å². The van der Waals surface area contributed by atoms with Crippen molar-refractivity contribution in [1.82, 2.24) is 14.5 Å². The molecule has 4 unspecified atom stereocenters. The van der Waals surface area contributed by atoms with E-state index >= 15 is 0 Å². The molecule has 0 amide bonds. The van der Waals surface area contributed by atoms with Gasteiger partial charge in [-0.05, 0) is 20.8 Å². The van der Waals surface area contributed by atoms with Gasteiger partial charge >= 0.3 is 5.65 Å². The maximum absolute atomic E-state index is 12.1. The van der Waals surface area contributed by atoms with Crippen LogP contribution in [0.5, 0.6) is 0 Å². The summed E-state index contributed by atoms with van der Waals surface area (Å²) in [4.78, 5) is 20.4. The Balaban J connectivity index is 1.96. The first-order valence-corrected chi connectivity index (χ1v) is 8.02. The quantitative estimate of drug-likeness (QED) is 0.782. The lowest BCUT2D eigenvalue weighted by atomic mass is 9.96. The maximum atomic E-state index is 12.1. The van der Waals surface area contributed by atoms with Gasteiger partial charge in [0.2, 0.25) is 0 Å². The van der Waals surface area contributed by atoms with Crippen molar-refractivity contribution in [3.8, 4) is 0 Å². The molecule has 130 valence electrons. The number of rotatable bonds is 5. The van der Waals surface area contributed by atoms with Crippen LogP contribution in [-0.2, 0) is 21.3 Å². The van der Waals surface area contributed by atoms with Gasteiger partial charge in [-0.3, -0.25) is 9.36 Å². The zero-order valence-electron chi connectivity index (χ0n) is 14.3. The van der Waals surface area contributed by atoms with Crippen molar-refractivity contribution >= 4 is 16.9 Å². The molecular formula is C16H23N4O4+. The van der Waals surface area contributed by atoms with E-state index in [-0.39, 0.29) is 18.5 Å². The summed E-state index contributed by atoms with van der Waals surface area (Å²) in [5.41, 5.74) is 1.47. The van der Waals surface area contributed by atoms with Crippen molar-refractivity contribution < 1.29 is 23.9 Å². The van der Waals surface area contributed by atoms with Gasteiger partial charge in [0, 0.05) is 0 Å². The molecule has 0 bridgehead atoms. The molecule has 1 N–H and O–H groups in total. The fourth-order valence-electron chi connectivity index (χ4n) is 3.10. The molecule has 0 aromatic carbocycles. The number of aliphatic hydroxyl groups is 1. The number of ether oxygens (including phenoxy) is 2. The molecule has 4 atom stereocenters. The zero-order valence-corrected chi connectivity index (χ0v) is 14.3. The summed E-state index contributed by atoms with van der Waals surface area (Å²) in [6, 6.07) is 0. The van der Waals surface area contributed by atoms with E-state index in [0.717, 1.165) is 5.52 Å². The minimum atomic E-state index is -0.921. The predicted octanol–water partition coefficient (Wildman–Crippen LogP) is 0.144. The van der Waals surface area contributed by atoms with Gasteiger partial charge in [0.25, 0.3) is 0 Å². The fraction of sp³-hybridized carbons (Fsp3) is 0.625. The van der Waals surface area contributed by atoms with E-state index in [1.54, 1.807) is 17.1 Å². The number of aromatic nitrogens is 4. The lowest BCUT2D eigenvalue weighted by Gasteiger charge is -2.16. The minimum Gasteiger partial charge on any atom is -0.389 e. The van der Waals surface area contributed by atoms with E-state index < -0.39 is 24.4 Å². The second kappa shape index (κ2) is 6.54. The molecule has 1 aliphatic heterocycles. The van der Waals surface area contributed by atoms with Crippen LogP contribution in [0.1, 0.15) is 27.0 Å². The van der Waals surface area contributed by atoms with Crippen molar-refractivity contribution in [1.29, 1.82) is 0 Å². The molecule has 8 heteroatoms. The number of carbonyl (C=O) groups is 1. The highest BCUT2D eigenvalue weighted by Gasteiger charge is 2.49. The highest BCUT2D eigenvalue weighted by atomic mass is 16.6. The van der Waals surface area contributed by atoms with E-state index in [4.69, 9.17) is 9.47 Å². The van der Waals surface area contributed by atoms with Gasteiger partial charge in [-0.1, -0.05) is 4.98 Å². The van der Waals surface area contributed by atoms with Crippen LogP contribution in [0.25, 0.3) is 11.2 Å². The zero-order chi connectivity index (χ0) is 17.4. The smallest absolute Gasteiger partial charge is 0.307 e. The Bertz CT molecular complexity index is 745. The second-order valence-electron chi connectivity index (χ2n) is 6.44. The molecule has 3 heterocycles. The first kappa shape index (κ1) is 16.9. The van der Waals surface area contributed by atoms with Crippen molar-refractivity contribution in [3.05, 3.63) is 18.9 Å². The third-order valence-electron chi connectivity index (χ3n) is 4.30. The number of aliphatic hydroxyl groups excluding tert-OH is 1. The van der Waals surface area contributed by atoms with E-state index in [9.17, 15) is 9.90 Å². The Morgan fingerprint density at radius 2 is 2.29 bits per heavy atom. The van der Waals surface area contributed by atoms with Crippen molar-refractivity contribution in [2.24, 2.45) is 13.0 Å². The Morgan fingerprint density at radius 1 is 1.54 bits per heavy atom. The number of hydrogen-bond acceptors (Lipinski definition) is 6. The van der Waals surface area contributed by atoms with E-state index in [0.29, 0.717) is 5.65 Å². The average molecular weight is 335 g/mol. The summed E-state index contributed by atoms with van der Waals surface area (Å²) >= 11 is 0. The van der Waals surface area contributed by atoms with Crippen LogP contribution in [0.3, 0.4) is 0 Å². The van der Waals surface area contributed by atoms with E-state index in [1.807, 2.05) is 25.5 Å². The number of imidazole rings is 1. The minimum absolute atomic E-state index is 0.0218. The van der Waals surface area contributed by atoms with Crippen LogP contribution in [-0.4, -0.2) is 50.3 Å². The van der Waals surface area contributed by atoms with Gasteiger partial charge in [0.1, 0.15) is 17.8 Å². The second-order valence-corrected chi connectivity index (χ2v) is 6.44. The highest BCUT2D eigenvalue weighted by molar-refractivity contribution is 5.79. The average Bonchev–Trinajstić information content (AvgIpc) is 3.03. The Kier molecular flexibility index (Phi) is 4.62. The van der Waals surface area contributed by atoms with E-state index in [2.05, 4.69) is 9.97 Å². The summed E-state index contributed by atoms with van der Waals surface area (Å²) in [7, 11) is 1.87. The number of Topliss-reactive ketones (excluding diaryl/α,β-unsaturated/α-hetero) is 1. The SMILES string of the molecule is CC(=O)C1C(O)C(COC(C)C)OC1[n+]1cn(C)c2cncnc21. The Labute approximate surface area is 140 Å². The topological polar surface area (TPSA) is 90.4 Å². The Hall–Kier alpha value is -1.90. The highest BCUT2D eigenvalue weighted by Crippen LogP contribution is 2.33. The molecule has 1 saturated heterocycles. The van der Waals surface area contributed by atoms with Crippen LogP contribution >= 0.6 is 0 Å². The third kappa shape index (κ3) is 2.92. The number of hydrogen-bond donors (Lipinski definition) is 1. The molecule has 0 radical (unpaired) electrons. The number of fused-ring (bicyclic) bond motifs is 1. The van der Waals surface area contributed by atoms with Crippen molar-refractivity contribution in [2.75, 3.05) is 6.61 Å².